The number of hydrogen-bond acceptors (Lipinski definition) is 6. The zero-order valence-corrected chi connectivity index (χ0v) is 75.4. The Morgan fingerprint density at radius 2 is 0.430 bits per heavy atom. The van der Waals surface area contributed by atoms with Crippen molar-refractivity contribution in [3.63, 3.8) is 0 Å². The summed E-state index contributed by atoms with van der Waals surface area (Å²) in [5.41, 5.74) is 22.2. The standard InChI is InChI=1S/2C42H23NOS.C42H23NS2/c1-2-9-27-26(8-1)30-11-6-16-38-40(30)41-35(14-7-17-39(41)45-38)43-34-21-19-24(22-33(34)32-13-5-12-31(27)42(32)43)25-18-20-29-28-10-3-4-15-36(28)44-37(29)23-25;1-2-9-27-26(8-1)29-11-6-16-38-40(29)41-35(14-7-17-39(41)45-38)43-34-20-18-24(22-32(34)31-13-5-12-30(27)42(31)43)25-19-21-37-33(23-25)28-10-3-4-15-36(28)44-37;1-2-10-27-26(9-1)29-13-7-19-37-39(29)40-35(17-8-20-38(40)44-37)43-34-22-21-24(23-33(34)31-15-6-14-30(27)41(31)43)25-12-5-16-32-28-11-3-4-18-36(28)45-42(25)32/h3*1-23H. The molecule has 5 nitrogen and oxygen atoms in total. The molecule has 0 bridgehead atoms. The minimum Gasteiger partial charge on any atom is -0.456 e. The van der Waals surface area contributed by atoms with Gasteiger partial charge in [0.2, 0.25) is 0 Å². The highest BCUT2D eigenvalue weighted by Crippen LogP contribution is 2.52. The molecule has 0 aliphatic carbocycles. The molecule has 12 heterocycles. The Labute approximate surface area is 784 Å². The van der Waals surface area contributed by atoms with Gasteiger partial charge >= 0.3 is 0 Å². The van der Waals surface area contributed by atoms with Crippen LogP contribution in [0.5, 0.6) is 0 Å². The van der Waals surface area contributed by atoms with Crippen molar-refractivity contribution in [2.45, 2.75) is 0 Å². The van der Waals surface area contributed by atoms with Crippen LogP contribution in [0.1, 0.15) is 0 Å². The predicted molar refractivity (Wildman–Crippen MR) is 585 cm³/mol. The molecule has 0 saturated heterocycles. The van der Waals surface area contributed by atoms with Gasteiger partial charge in [0.1, 0.15) is 22.3 Å². The molecule has 0 atom stereocenters. The summed E-state index contributed by atoms with van der Waals surface area (Å²) in [5.74, 6) is 0. The molecule has 135 heavy (non-hydrogen) atoms. The molecule has 0 unspecified atom stereocenters. The molecule has 0 amide bonds. The van der Waals surface area contributed by atoms with Crippen molar-refractivity contribution in [2.75, 3.05) is 0 Å². The largest absolute Gasteiger partial charge is 0.456 e. The molecule has 0 saturated carbocycles. The first-order valence-corrected chi connectivity index (χ1v) is 49.3. The lowest BCUT2D eigenvalue weighted by atomic mass is 9.99. The summed E-state index contributed by atoms with van der Waals surface area (Å²) in [6.45, 7) is 0. The van der Waals surface area contributed by atoms with Crippen molar-refractivity contribution in [1.82, 2.24) is 13.2 Å². The van der Waals surface area contributed by atoms with Crippen LogP contribution in [0, 0.1) is 0 Å². The lowest BCUT2D eigenvalue weighted by Crippen LogP contribution is -1.86. The van der Waals surface area contributed by atoms with Crippen LogP contribution in [0.3, 0.4) is 0 Å². The number of rotatable bonds is 3. The Morgan fingerprint density at radius 1 is 0.148 bits per heavy atom. The second-order valence-corrected chi connectivity index (χ2v) is 40.4. The second kappa shape index (κ2) is 28.0. The highest BCUT2D eigenvalue weighted by molar-refractivity contribution is 7.27. The molecular formula is C126H69N3O2S4. The van der Waals surface area contributed by atoms with E-state index in [1.165, 1.54) is 255 Å². The van der Waals surface area contributed by atoms with E-state index < -0.39 is 0 Å². The molecule has 9 heteroatoms. The summed E-state index contributed by atoms with van der Waals surface area (Å²) >= 11 is 7.58. The monoisotopic (exact) mass is 1780 g/mol. The van der Waals surface area contributed by atoms with E-state index in [-0.39, 0.29) is 0 Å². The van der Waals surface area contributed by atoms with E-state index in [4.69, 9.17) is 8.83 Å². The molecule has 0 radical (unpaired) electrons. The van der Waals surface area contributed by atoms with Gasteiger partial charge in [0.05, 0.1) is 49.7 Å². The normalized spacial score (nSPS) is 12.4. The number of hydrogen-bond donors (Lipinski definition) is 0. The third-order valence-corrected chi connectivity index (χ3v) is 33.8. The molecule has 0 aliphatic rings. The maximum Gasteiger partial charge on any atom is 0.136 e. The number of fused-ring (bicyclic) bond motifs is 30. The lowest BCUT2D eigenvalue weighted by Gasteiger charge is -2.06. The topological polar surface area (TPSA) is 39.5 Å². The SMILES string of the molecule is c1ccc2c(c1)oc1cc(-c3ccc4c(c3)c3cccc5c6ccccc6c6cccc7sc8cccc(c8c76)n4c53)ccc12.c1ccc2c(c1)oc1ccc(-c3ccc4c(c3)c3cccc5c6ccccc6c6cccc7sc8cccc(c8c76)n4c53)cc12.c1ccc2c(c1)sc1c(-c3ccc4c(c3)c3cccc5c6ccccc6c6cccc7sc8cccc(c8c76)n4c53)cccc12. The number of benzene rings is 21. The van der Waals surface area contributed by atoms with Crippen molar-refractivity contribution in [3.05, 3.63) is 419 Å². The van der Waals surface area contributed by atoms with E-state index in [2.05, 4.69) is 408 Å². The lowest BCUT2D eigenvalue weighted by molar-refractivity contribution is 0.668. The van der Waals surface area contributed by atoms with E-state index in [9.17, 15) is 0 Å². The van der Waals surface area contributed by atoms with Gasteiger partial charge < -0.3 is 22.0 Å². The first-order chi connectivity index (χ1) is 67.0. The molecule has 12 aromatic heterocycles. The second-order valence-electron chi connectivity index (χ2n) is 36.1. The van der Waals surface area contributed by atoms with Gasteiger partial charge in [0, 0.05) is 151 Å². The minimum atomic E-state index is 0.920. The summed E-state index contributed by atoms with van der Waals surface area (Å²) in [4.78, 5) is 0. The Morgan fingerprint density at radius 3 is 0.889 bits per heavy atom. The van der Waals surface area contributed by atoms with Crippen molar-refractivity contribution < 1.29 is 8.83 Å². The fraction of sp³-hybridized carbons (Fsp3) is 0. The molecule has 624 valence electrons. The smallest absolute Gasteiger partial charge is 0.136 e. The van der Waals surface area contributed by atoms with Crippen LogP contribution < -0.4 is 0 Å². The molecule has 0 fully saturated rings. The molecule has 33 aromatic rings. The molecular weight excluding hydrogens is 1720 g/mol. The van der Waals surface area contributed by atoms with Gasteiger partial charge in [-0.05, 0) is 215 Å². The zero-order chi connectivity index (χ0) is 87.7. The van der Waals surface area contributed by atoms with E-state index in [0.29, 0.717) is 0 Å². The van der Waals surface area contributed by atoms with Crippen molar-refractivity contribution in [3.8, 4) is 33.4 Å². The van der Waals surface area contributed by atoms with Gasteiger partial charge in [-0.3, -0.25) is 0 Å². The maximum absolute atomic E-state index is 6.27. The fourth-order valence-electron chi connectivity index (χ4n) is 23.6. The van der Waals surface area contributed by atoms with Crippen LogP contribution in [0.4, 0.5) is 0 Å². The third kappa shape index (κ3) is 10.5. The van der Waals surface area contributed by atoms with Crippen molar-refractivity contribution in [1.29, 1.82) is 0 Å². The first-order valence-electron chi connectivity index (χ1n) is 46.1. The van der Waals surface area contributed by atoms with Gasteiger partial charge in [-0.25, -0.2) is 0 Å². The Balaban J connectivity index is 0.0000000945. The van der Waals surface area contributed by atoms with Crippen LogP contribution in [0.25, 0.3) is 305 Å². The Hall–Kier alpha value is -16.5. The summed E-state index contributed by atoms with van der Waals surface area (Å²) in [7, 11) is 0. The van der Waals surface area contributed by atoms with Gasteiger partial charge in [-0.15, -0.1) is 45.3 Å². The predicted octanol–water partition coefficient (Wildman–Crippen LogP) is 37.9. The maximum atomic E-state index is 6.27. The molecule has 33 rings (SSSR count). The summed E-state index contributed by atoms with van der Waals surface area (Å²) in [6.07, 6.45) is 0. The molecule has 0 N–H and O–H groups in total. The average molecular weight is 1790 g/mol. The van der Waals surface area contributed by atoms with Gasteiger partial charge in [-0.2, -0.15) is 0 Å². The Bertz CT molecular complexity index is 11100. The number of para-hydroxylation sites is 5. The highest BCUT2D eigenvalue weighted by Gasteiger charge is 2.26. The average Bonchev–Trinajstić information content (AvgIpc) is 1.55. The summed E-state index contributed by atoms with van der Waals surface area (Å²) in [6, 6.07) is 155. The van der Waals surface area contributed by atoms with E-state index in [0.717, 1.165) is 49.4 Å². The van der Waals surface area contributed by atoms with Gasteiger partial charge in [-0.1, -0.05) is 285 Å². The summed E-state index contributed by atoms with van der Waals surface area (Å²) < 4.78 is 30.7. The summed E-state index contributed by atoms with van der Waals surface area (Å²) in [5, 5.41) is 38.4. The first kappa shape index (κ1) is 74.2. The number of nitrogens with zero attached hydrogens (tertiary/aromatic N) is 3. The number of aromatic nitrogens is 3. The van der Waals surface area contributed by atoms with Crippen LogP contribution in [-0.2, 0) is 0 Å². The van der Waals surface area contributed by atoms with Gasteiger partial charge in [0.25, 0.3) is 0 Å². The van der Waals surface area contributed by atoms with Gasteiger partial charge in [0.15, 0.2) is 0 Å². The molecule has 21 aromatic carbocycles. The van der Waals surface area contributed by atoms with Crippen LogP contribution >= 0.6 is 45.3 Å². The zero-order valence-electron chi connectivity index (χ0n) is 72.1. The number of furan rings is 2. The van der Waals surface area contributed by atoms with Crippen molar-refractivity contribution >= 4 is 317 Å². The highest BCUT2D eigenvalue weighted by atomic mass is 32.1. The fourth-order valence-corrected chi connectivity index (χ4v) is 28.3. The quantitative estimate of drug-likeness (QED) is 0.177. The van der Waals surface area contributed by atoms with E-state index in [1.807, 2.05) is 69.6 Å². The van der Waals surface area contributed by atoms with Crippen LogP contribution in [0.15, 0.2) is 427 Å². The van der Waals surface area contributed by atoms with E-state index >= 15 is 0 Å². The van der Waals surface area contributed by atoms with E-state index in [1.54, 1.807) is 0 Å². The third-order valence-electron chi connectivity index (χ3n) is 29.2. The van der Waals surface area contributed by atoms with Crippen LogP contribution in [0.2, 0.25) is 0 Å². The van der Waals surface area contributed by atoms with Crippen LogP contribution in [-0.4, -0.2) is 13.2 Å². The molecule has 0 spiro atoms. The minimum absolute atomic E-state index is 0.920. The number of thiophene rings is 4. The molecule has 0 aliphatic heterocycles. The Kier molecular flexibility index (Phi) is 15.4. The van der Waals surface area contributed by atoms with Crippen molar-refractivity contribution in [2.24, 2.45) is 0 Å².